The van der Waals surface area contributed by atoms with Crippen molar-refractivity contribution in [3.8, 4) is 0 Å². The van der Waals surface area contributed by atoms with Gasteiger partial charge in [-0.3, -0.25) is 0 Å². The largest absolute Gasteiger partial charge is 0.306 e. The van der Waals surface area contributed by atoms with Crippen molar-refractivity contribution < 1.29 is 0 Å². The van der Waals surface area contributed by atoms with Gasteiger partial charge in [-0.1, -0.05) is 30.7 Å². The molecule has 0 aliphatic carbocycles. The van der Waals surface area contributed by atoms with Crippen molar-refractivity contribution in [2.24, 2.45) is 0 Å². The lowest BCUT2D eigenvalue weighted by atomic mass is 10.0. The molecule has 18 heavy (non-hydrogen) atoms. The maximum absolute atomic E-state index is 6.09. The van der Waals surface area contributed by atoms with Crippen LogP contribution in [0.4, 0.5) is 0 Å². The molecule has 0 saturated heterocycles. The topological polar surface area (TPSA) is 12.0 Å². The Morgan fingerprint density at radius 1 is 1.39 bits per heavy atom. The second kappa shape index (κ2) is 6.71. The van der Waals surface area contributed by atoms with Crippen LogP contribution in [0.1, 0.15) is 30.5 Å². The number of benzene rings is 1. The first-order valence-corrected chi connectivity index (χ1v) is 8.04. The Balaban J connectivity index is 2.33. The minimum Gasteiger partial charge on any atom is -0.306 e. The first-order chi connectivity index (χ1) is 8.72. The second-order valence-electron chi connectivity index (χ2n) is 4.12. The van der Waals surface area contributed by atoms with Gasteiger partial charge in [-0.2, -0.15) is 11.3 Å². The minimum absolute atomic E-state index is 0.198. The molecule has 1 unspecified atom stereocenters. The average molecular weight is 345 g/mol. The van der Waals surface area contributed by atoms with E-state index in [1.165, 1.54) is 11.1 Å². The van der Waals surface area contributed by atoms with Crippen LogP contribution in [0.3, 0.4) is 0 Å². The fourth-order valence-electron chi connectivity index (χ4n) is 1.88. The third kappa shape index (κ3) is 3.35. The van der Waals surface area contributed by atoms with Crippen LogP contribution in [0.15, 0.2) is 39.5 Å². The molecule has 4 heteroatoms. The van der Waals surface area contributed by atoms with Crippen molar-refractivity contribution in [2.45, 2.75) is 19.4 Å². The summed E-state index contributed by atoms with van der Waals surface area (Å²) in [5, 5.41) is 8.64. The molecule has 1 atom stereocenters. The summed E-state index contributed by atoms with van der Waals surface area (Å²) < 4.78 is 1.15. The zero-order valence-corrected chi connectivity index (χ0v) is 13.3. The Morgan fingerprint density at radius 3 is 2.83 bits per heavy atom. The first-order valence-electron chi connectivity index (χ1n) is 5.92. The zero-order chi connectivity index (χ0) is 13.0. The maximum Gasteiger partial charge on any atom is 0.0596 e. The lowest BCUT2D eigenvalue weighted by molar-refractivity contribution is 0.598. The summed E-state index contributed by atoms with van der Waals surface area (Å²) in [6.07, 6.45) is 1.11. The molecule has 0 aliphatic rings. The number of rotatable bonds is 5. The van der Waals surface area contributed by atoms with Gasteiger partial charge in [0.2, 0.25) is 0 Å². The van der Waals surface area contributed by atoms with Gasteiger partial charge in [0.15, 0.2) is 0 Å². The molecule has 1 N–H and O–H groups in total. The molecule has 0 saturated carbocycles. The van der Waals surface area contributed by atoms with Crippen LogP contribution in [0, 0.1) is 0 Å². The Morgan fingerprint density at radius 2 is 2.22 bits per heavy atom. The lowest BCUT2D eigenvalue weighted by Gasteiger charge is -2.19. The Kier molecular flexibility index (Phi) is 5.25. The van der Waals surface area contributed by atoms with Crippen LogP contribution in [0.2, 0.25) is 5.02 Å². The molecule has 0 bridgehead atoms. The van der Waals surface area contributed by atoms with Crippen molar-refractivity contribution in [3.63, 3.8) is 0 Å². The van der Waals surface area contributed by atoms with Gasteiger partial charge in [-0.15, -0.1) is 0 Å². The molecule has 0 aliphatic heterocycles. The van der Waals surface area contributed by atoms with E-state index in [2.05, 4.69) is 45.0 Å². The monoisotopic (exact) mass is 343 g/mol. The summed E-state index contributed by atoms with van der Waals surface area (Å²) in [7, 11) is 0. The van der Waals surface area contributed by atoms with Gasteiger partial charge in [0.05, 0.1) is 6.04 Å². The van der Waals surface area contributed by atoms with Gasteiger partial charge in [-0.25, -0.2) is 0 Å². The summed E-state index contributed by atoms with van der Waals surface area (Å²) in [6.45, 7) is 3.16. The highest BCUT2D eigenvalue weighted by Gasteiger charge is 2.16. The molecule has 1 aromatic heterocycles. The molecule has 2 rings (SSSR count). The Bertz CT molecular complexity index is 512. The van der Waals surface area contributed by atoms with E-state index in [0.29, 0.717) is 0 Å². The standard InChI is InChI=1S/C14H15BrClNS/c1-2-6-17-14(12-8-18-9-13(12)15)10-4-3-5-11(16)7-10/h3-5,7-9,14,17H,2,6H2,1H3. The molecule has 0 spiro atoms. The van der Waals surface area contributed by atoms with Crippen molar-refractivity contribution in [2.75, 3.05) is 6.54 Å². The van der Waals surface area contributed by atoms with Crippen LogP contribution in [0.5, 0.6) is 0 Å². The van der Waals surface area contributed by atoms with E-state index in [9.17, 15) is 0 Å². The molecule has 0 radical (unpaired) electrons. The van der Waals surface area contributed by atoms with Gasteiger partial charge in [0, 0.05) is 14.9 Å². The van der Waals surface area contributed by atoms with E-state index in [0.717, 1.165) is 22.5 Å². The van der Waals surface area contributed by atoms with E-state index < -0.39 is 0 Å². The number of halogens is 2. The predicted octanol–water partition coefficient (Wildman–Crippen LogP) is 5.25. The van der Waals surface area contributed by atoms with Gasteiger partial charge < -0.3 is 5.32 Å². The minimum atomic E-state index is 0.198. The van der Waals surface area contributed by atoms with Gasteiger partial charge in [-0.05, 0) is 57.5 Å². The van der Waals surface area contributed by atoms with Crippen molar-refractivity contribution in [1.82, 2.24) is 5.32 Å². The molecule has 1 heterocycles. The number of thiophene rings is 1. The zero-order valence-electron chi connectivity index (χ0n) is 10.1. The Labute approximate surface area is 125 Å². The molecule has 96 valence electrons. The highest BCUT2D eigenvalue weighted by molar-refractivity contribution is 9.10. The SMILES string of the molecule is CCCNC(c1cccc(Cl)c1)c1cscc1Br. The van der Waals surface area contributed by atoms with Crippen molar-refractivity contribution in [1.29, 1.82) is 0 Å². The smallest absolute Gasteiger partial charge is 0.0596 e. The average Bonchev–Trinajstić information content (AvgIpc) is 2.77. The molecular formula is C14H15BrClNS. The fourth-order valence-corrected chi connectivity index (χ4v) is 3.63. The molecule has 1 aromatic carbocycles. The van der Waals surface area contributed by atoms with Crippen LogP contribution in [-0.2, 0) is 0 Å². The molecule has 1 nitrogen and oxygen atoms in total. The highest BCUT2D eigenvalue weighted by Crippen LogP contribution is 2.32. The number of nitrogens with one attached hydrogen (secondary N) is 1. The van der Waals surface area contributed by atoms with Crippen LogP contribution in [0.25, 0.3) is 0 Å². The van der Waals surface area contributed by atoms with Gasteiger partial charge in [0.25, 0.3) is 0 Å². The van der Waals surface area contributed by atoms with E-state index >= 15 is 0 Å². The van der Waals surface area contributed by atoms with E-state index in [4.69, 9.17) is 11.6 Å². The van der Waals surface area contributed by atoms with Gasteiger partial charge in [0.1, 0.15) is 0 Å². The maximum atomic E-state index is 6.09. The molecule has 0 fully saturated rings. The quantitative estimate of drug-likeness (QED) is 0.781. The van der Waals surface area contributed by atoms with Crippen LogP contribution < -0.4 is 5.32 Å². The summed E-state index contributed by atoms with van der Waals surface area (Å²) >= 11 is 11.4. The van der Waals surface area contributed by atoms with Crippen LogP contribution in [-0.4, -0.2) is 6.54 Å². The van der Waals surface area contributed by atoms with E-state index in [-0.39, 0.29) is 6.04 Å². The second-order valence-corrected chi connectivity index (χ2v) is 6.15. The van der Waals surface area contributed by atoms with Crippen molar-refractivity contribution >= 4 is 38.9 Å². The normalized spacial score (nSPS) is 12.6. The summed E-state index contributed by atoms with van der Waals surface area (Å²) in [5.41, 5.74) is 2.48. The number of hydrogen-bond acceptors (Lipinski definition) is 2. The molecular weight excluding hydrogens is 330 g/mol. The fraction of sp³-hybridized carbons (Fsp3) is 0.286. The summed E-state index contributed by atoms with van der Waals surface area (Å²) in [6, 6.07) is 8.25. The number of hydrogen-bond donors (Lipinski definition) is 1. The molecule has 2 aromatic rings. The molecule has 0 amide bonds. The highest BCUT2D eigenvalue weighted by atomic mass is 79.9. The first kappa shape index (κ1) is 14.1. The van der Waals surface area contributed by atoms with Crippen LogP contribution >= 0.6 is 38.9 Å². The van der Waals surface area contributed by atoms with E-state index in [1.807, 2.05) is 18.2 Å². The third-order valence-electron chi connectivity index (χ3n) is 2.73. The van der Waals surface area contributed by atoms with E-state index in [1.54, 1.807) is 11.3 Å². The lowest BCUT2D eigenvalue weighted by Crippen LogP contribution is -2.23. The summed E-state index contributed by atoms with van der Waals surface area (Å²) in [4.78, 5) is 0. The summed E-state index contributed by atoms with van der Waals surface area (Å²) in [5.74, 6) is 0. The Hall–Kier alpha value is -0.350. The predicted molar refractivity (Wildman–Crippen MR) is 83.6 cm³/mol. The van der Waals surface area contributed by atoms with Gasteiger partial charge >= 0.3 is 0 Å². The van der Waals surface area contributed by atoms with Crippen molar-refractivity contribution in [3.05, 3.63) is 55.6 Å². The third-order valence-corrected chi connectivity index (χ3v) is 4.72.